The summed E-state index contributed by atoms with van der Waals surface area (Å²) in [7, 11) is -3.60. The zero-order valence-corrected chi connectivity index (χ0v) is 27.2. The Morgan fingerprint density at radius 1 is 1.07 bits per heavy atom. The van der Waals surface area contributed by atoms with Crippen LogP contribution >= 0.6 is 11.3 Å². The number of benzene rings is 2. The smallest absolute Gasteiger partial charge is 0.254 e. The Kier molecular flexibility index (Phi) is 9.55. The number of nitrogens with one attached hydrogen (secondary N) is 2. The SMILES string of the molecule is Cc1csc(C2CCCN2C(=O)c2cc(C(=O)NC(Cc3ccccc3)C(O)C3CCCN3)cc(N3CCCCS3(=O)=O)c2)n1. The van der Waals surface area contributed by atoms with Gasteiger partial charge in [0.05, 0.1) is 29.6 Å². The molecule has 0 radical (unpaired) electrons. The van der Waals surface area contributed by atoms with Crippen LogP contribution in [0.15, 0.2) is 53.9 Å². The molecule has 1 aromatic heterocycles. The van der Waals surface area contributed by atoms with Crippen molar-refractivity contribution in [1.82, 2.24) is 20.5 Å². The van der Waals surface area contributed by atoms with Gasteiger partial charge < -0.3 is 20.6 Å². The molecule has 0 saturated carbocycles. The maximum absolute atomic E-state index is 14.1. The van der Waals surface area contributed by atoms with Gasteiger partial charge in [0.2, 0.25) is 10.0 Å². The van der Waals surface area contributed by atoms with Gasteiger partial charge in [0.1, 0.15) is 5.01 Å². The highest BCUT2D eigenvalue weighted by atomic mass is 32.2. The second kappa shape index (κ2) is 13.6. The number of aliphatic hydroxyl groups is 1. The molecule has 6 rings (SSSR count). The molecule has 4 heterocycles. The van der Waals surface area contributed by atoms with Crippen molar-refractivity contribution < 1.29 is 23.1 Å². The molecule has 10 nitrogen and oxygen atoms in total. The van der Waals surface area contributed by atoms with E-state index in [1.54, 1.807) is 23.1 Å². The number of sulfonamides is 1. The molecule has 3 aromatic rings. The van der Waals surface area contributed by atoms with E-state index in [2.05, 4.69) is 15.6 Å². The largest absolute Gasteiger partial charge is 0.389 e. The van der Waals surface area contributed by atoms with Crippen molar-refractivity contribution in [1.29, 1.82) is 0 Å². The van der Waals surface area contributed by atoms with E-state index in [1.165, 1.54) is 15.6 Å². The van der Waals surface area contributed by atoms with Crippen LogP contribution in [-0.2, 0) is 16.4 Å². The lowest BCUT2D eigenvalue weighted by Crippen LogP contribution is -2.52. The number of carbonyl (C=O) groups is 2. The lowest BCUT2D eigenvalue weighted by molar-refractivity contribution is 0.0733. The molecule has 4 unspecified atom stereocenters. The molecule has 3 saturated heterocycles. The second-order valence-electron chi connectivity index (χ2n) is 12.3. The van der Waals surface area contributed by atoms with Gasteiger partial charge >= 0.3 is 0 Å². The molecule has 2 aromatic carbocycles. The second-order valence-corrected chi connectivity index (χ2v) is 15.2. The average molecular weight is 652 g/mol. The monoisotopic (exact) mass is 651 g/mol. The number of carbonyl (C=O) groups excluding carboxylic acids is 2. The summed E-state index contributed by atoms with van der Waals surface area (Å²) in [5.74, 6) is -0.706. The number of aliphatic hydroxyl groups excluding tert-OH is 1. The van der Waals surface area contributed by atoms with E-state index in [9.17, 15) is 23.1 Å². The fourth-order valence-electron chi connectivity index (χ4n) is 6.71. The quantitative estimate of drug-likeness (QED) is 0.321. The van der Waals surface area contributed by atoms with Crippen molar-refractivity contribution in [2.24, 2.45) is 0 Å². The first-order chi connectivity index (χ1) is 21.7. The van der Waals surface area contributed by atoms with Gasteiger partial charge in [0, 0.05) is 41.3 Å². The minimum Gasteiger partial charge on any atom is -0.389 e. The molecule has 4 atom stereocenters. The first kappa shape index (κ1) is 31.7. The number of amides is 2. The number of aromatic nitrogens is 1. The van der Waals surface area contributed by atoms with Gasteiger partial charge in [-0.3, -0.25) is 13.9 Å². The average Bonchev–Trinajstić information content (AvgIpc) is 3.83. The Labute approximate surface area is 268 Å². The van der Waals surface area contributed by atoms with E-state index in [-0.39, 0.29) is 41.4 Å². The van der Waals surface area contributed by atoms with E-state index in [0.717, 1.165) is 48.5 Å². The van der Waals surface area contributed by atoms with E-state index in [4.69, 9.17) is 0 Å². The van der Waals surface area contributed by atoms with Gasteiger partial charge in [0.25, 0.3) is 11.8 Å². The third-order valence-corrected chi connectivity index (χ3v) is 12.0. The first-order valence-corrected chi connectivity index (χ1v) is 18.3. The fraction of sp³-hybridized carbons (Fsp3) is 0.485. The number of hydrogen-bond acceptors (Lipinski definition) is 8. The van der Waals surface area contributed by atoms with E-state index < -0.39 is 28.1 Å². The molecule has 2 amide bonds. The van der Waals surface area contributed by atoms with Crippen LogP contribution in [-0.4, -0.2) is 78.8 Å². The minimum atomic E-state index is -3.60. The lowest BCUT2D eigenvalue weighted by atomic mass is 9.95. The Hall–Kier alpha value is -3.32. The highest BCUT2D eigenvalue weighted by Crippen LogP contribution is 2.36. The molecule has 3 N–H and O–H groups in total. The molecule has 240 valence electrons. The highest BCUT2D eigenvalue weighted by Gasteiger charge is 2.35. The molecule has 12 heteroatoms. The van der Waals surface area contributed by atoms with Gasteiger partial charge in [-0.2, -0.15) is 0 Å². The van der Waals surface area contributed by atoms with E-state index in [1.807, 2.05) is 42.6 Å². The lowest BCUT2D eigenvalue weighted by Gasteiger charge is -2.30. The van der Waals surface area contributed by atoms with Gasteiger partial charge in [-0.05, 0) is 82.2 Å². The van der Waals surface area contributed by atoms with Gasteiger partial charge in [-0.25, -0.2) is 13.4 Å². The van der Waals surface area contributed by atoms with Gasteiger partial charge in [-0.1, -0.05) is 30.3 Å². The molecular formula is C33H41N5O5S2. The Balaban J connectivity index is 1.34. The number of anilines is 1. The molecule has 3 fully saturated rings. The van der Waals surface area contributed by atoms with Crippen LogP contribution in [0.4, 0.5) is 5.69 Å². The maximum Gasteiger partial charge on any atom is 0.254 e. The Morgan fingerprint density at radius 3 is 2.58 bits per heavy atom. The van der Waals surface area contributed by atoms with Gasteiger partial charge in [0.15, 0.2) is 0 Å². The predicted molar refractivity (Wildman–Crippen MR) is 175 cm³/mol. The number of nitrogens with zero attached hydrogens (tertiary/aromatic N) is 3. The van der Waals surface area contributed by atoms with Crippen LogP contribution in [0.1, 0.15) is 81.5 Å². The third kappa shape index (κ3) is 7.09. The fourth-order valence-corrected chi connectivity index (χ4v) is 9.27. The first-order valence-electron chi connectivity index (χ1n) is 15.8. The van der Waals surface area contributed by atoms with Crippen molar-refractivity contribution in [2.75, 3.05) is 29.7 Å². The minimum absolute atomic E-state index is 0.0179. The number of likely N-dealkylation sites (tertiary alicyclic amines) is 1. The van der Waals surface area contributed by atoms with Crippen LogP contribution in [0.25, 0.3) is 0 Å². The van der Waals surface area contributed by atoms with E-state index in [0.29, 0.717) is 31.5 Å². The summed E-state index contributed by atoms with van der Waals surface area (Å²) in [6.07, 6.45) is 4.22. The molecule has 3 aliphatic heterocycles. The van der Waals surface area contributed by atoms with Crippen molar-refractivity contribution in [3.8, 4) is 0 Å². The standard InChI is InChI=1S/C33H41N5O5S2/c1-22-21-44-32(35-22)29-12-8-14-37(29)33(41)25-18-24(19-26(20-25)38-15-5-6-16-45(38,42)43)31(40)36-28(17-23-9-3-2-4-10-23)30(39)27-11-7-13-34-27/h2-4,9-10,18-21,27-30,34,39H,5-8,11-17H2,1H3,(H,36,40). The molecule has 3 aliphatic rings. The van der Waals surface area contributed by atoms with Gasteiger partial charge in [-0.15, -0.1) is 11.3 Å². The summed E-state index contributed by atoms with van der Waals surface area (Å²) in [6.45, 7) is 3.58. The van der Waals surface area contributed by atoms with Crippen molar-refractivity contribution in [2.45, 2.75) is 76.1 Å². The topological polar surface area (TPSA) is 132 Å². The summed E-state index contributed by atoms with van der Waals surface area (Å²) >= 11 is 1.53. The molecule has 0 spiro atoms. The number of hydrogen-bond donors (Lipinski definition) is 3. The Bertz CT molecular complexity index is 1620. The summed E-state index contributed by atoms with van der Waals surface area (Å²) in [5, 5.41) is 20.6. The zero-order valence-electron chi connectivity index (χ0n) is 25.5. The van der Waals surface area contributed by atoms with Crippen LogP contribution < -0.4 is 14.9 Å². The third-order valence-electron chi connectivity index (χ3n) is 9.04. The number of rotatable bonds is 9. The maximum atomic E-state index is 14.1. The summed E-state index contributed by atoms with van der Waals surface area (Å²) in [4.78, 5) is 34.5. The van der Waals surface area contributed by atoms with Crippen LogP contribution in [0.5, 0.6) is 0 Å². The van der Waals surface area contributed by atoms with E-state index >= 15 is 0 Å². The highest BCUT2D eigenvalue weighted by molar-refractivity contribution is 7.92. The molecule has 45 heavy (non-hydrogen) atoms. The summed E-state index contributed by atoms with van der Waals surface area (Å²) < 4.78 is 27.6. The summed E-state index contributed by atoms with van der Waals surface area (Å²) in [6, 6.07) is 13.5. The van der Waals surface area contributed by atoms with Crippen molar-refractivity contribution in [3.63, 3.8) is 0 Å². The van der Waals surface area contributed by atoms with Crippen LogP contribution in [0.2, 0.25) is 0 Å². The molecular weight excluding hydrogens is 611 g/mol. The zero-order chi connectivity index (χ0) is 31.6. The summed E-state index contributed by atoms with van der Waals surface area (Å²) in [5.41, 5.74) is 2.63. The predicted octanol–water partition coefficient (Wildman–Crippen LogP) is 3.81. The number of thiazole rings is 1. The normalized spacial score (nSPS) is 22.7. The van der Waals surface area contributed by atoms with Crippen molar-refractivity contribution in [3.05, 3.63) is 81.3 Å². The molecule has 0 bridgehead atoms. The molecule has 0 aliphatic carbocycles. The number of aryl methyl sites for hydroxylation is 1. The van der Waals surface area contributed by atoms with Crippen molar-refractivity contribution >= 4 is 38.9 Å². The Morgan fingerprint density at radius 2 is 1.87 bits per heavy atom. The van der Waals surface area contributed by atoms with Crippen LogP contribution in [0, 0.1) is 6.92 Å². The van der Waals surface area contributed by atoms with Crippen LogP contribution in [0.3, 0.4) is 0 Å².